The second kappa shape index (κ2) is 6.95. The molecule has 7 heteroatoms. The SMILES string of the molecule is CCCC[C@H](NC(=O)Nc1ncc(C)s1)C(=O)O. The van der Waals surface area contributed by atoms with E-state index in [0.717, 1.165) is 17.7 Å². The quantitative estimate of drug-likeness (QED) is 0.739. The van der Waals surface area contributed by atoms with Crippen LogP contribution in [0, 0.1) is 6.92 Å². The molecule has 2 amide bonds. The molecule has 0 unspecified atom stereocenters. The Bertz CT molecular complexity index is 419. The number of nitrogens with zero attached hydrogens (tertiary/aromatic N) is 1. The van der Waals surface area contributed by atoms with Crippen molar-refractivity contribution in [1.82, 2.24) is 10.3 Å². The minimum Gasteiger partial charge on any atom is -0.480 e. The summed E-state index contributed by atoms with van der Waals surface area (Å²) < 4.78 is 0. The zero-order chi connectivity index (χ0) is 13.5. The Labute approximate surface area is 109 Å². The van der Waals surface area contributed by atoms with Gasteiger partial charge in [-0.15, -0.1) is 11.3 Å². The highest BCUT2D eigenvalue weighted by Crippen LogP contribution is 2.16. The molecule has 1 atom stereocenters. The van der Waals surface area contributed by atoms with Gasteiger partial charge in [0.1, 0.15) is 6.04 Å². The summed E-state index contributed by atoms with van der Waals surface area (Å²) in [5, 5.41) is 14.4. The third-order valence-electron chi connectivity index (χ3n) is 2.29. The van der Waals surface area contributed by atoms with Crippen LogP contribution in [0.15, 0.2) is 6.20 Å². The minimum atomic E-state index is -1.02. The number of carbonyl (C=O) groups is 2. The van der Waals surface area contributed by atoms with E-state index in [1.165, 1.54) is 11.3 Å². The number of aromatic nitrogens is 1. The number of carboxylic acid groups (broad SMARTS) is 1. The van der Waals surface area contributed by atoms with E-state index in [4.69, 9.17) is 5.11 Å². The highest BCUT2D eigenvalue weighted by Gasteiger charge is 2.19. The van der Waals surface area contributed by atoms with Gasteiger partial charge in [-0.05, 0) is 13.3 Å². The summed E-state index contributed by atoms with van der Waals surface area (Å²) in [6.45, 7) is 3.85. The van der Waals surface area contributed by atoms with Crippen LogP contribution in [-0.4, -0.2) is 28.1 Å². The largest absolute Gasteiger partial charge is 0.480 e. The van der Waals surface area contributed by atoms with Gasteiger partial charge in [0.15, 0.2) is 5.13 Å². The van der Waals surface area contributed by atoms with E-state index in [0.29, 0.717) is 11.6 Å². The smallest absolute Gasteiger partial charge is 0.326 e. The number of thiazole rings is 1. The van der Waals surface area contributed by atoms with Crippen molar-refractivity contribution in [1.29, 1.82) is 0 Å². The summed E-state index contributed by atoms with van der Waals surface area (Å²) in [7, 11) is 0. The fraction of sp³-hybridized carbons (Fsp3) is 0.545. The number of carboxylic acids is 1. The van der Waals surface area contributed by atoms with Gasteiger partial charge < -0.3 is 10.4 Å². The molecule has 3 N–H and O–H groups in total. The van der Waals surface area contributed by atoms with Crippen LogP contribution in [0.2, 0.25) is 0 Å². The van der Waals surface area contributed by atoms with Gasteiger partial charge in [0.25, 0.3) is 0 Å². The van der Waals surface area contributed by atoms with Gasteiger partial charge >= 0.3 is 12.0 Å². The van der Waals surface area contributed by atoms with Crippen molar-refractivity contribution in [3.63, 3.8) is 0 Å². The Morgan fingerprint density at radius 1 is 1.56 bits per heavy atom. The van der Waals surface area contributed by atoms with Crippen LogP contribution >= 0.6 is 11.3 Å². The molecule has 0 saturated heterocycles. The molecule has 1 aromatic heterocycles. The third kappa shape index (κ3) is 4.70. The molecular formula is C11H17N3O3S. The number of amides is 2. The first-order valence-electron chi connectivity index (χ1n) is 5.75. The lowest BCUT2D eigenvalue weighted by Gasteiger charge is -2.13. The number of rotatable bonds is 6. The first kappa shape index (κ1) is 14.4. The van der Waals surface area contributed by atoms with Gasteiger partial charge in [0, 0.05) is 11.1 Å². The van der Waals surface area contributed by atoms with E-state index >= 15 is 0 Å². The Balaban J connectivity index is 2.48. The first-order chi connectivity index (χ1) is 8.52. The summed E-state index contributed by atoms with van der Waals surface area (Å²) in [5.41, 5.74) is 0. The fourth-order valence-electron chi connectivity index (χ4n) is 1.37. The van der Waals surface area contributed by atoms with Crippen molar-refractivity contribution in [2.24, 2.45) is 0 Å². The number of aryl methyl sites for hydroxylation is 1. The standard InChI is InChI=1S/C11H17N3O3S/c1-3-4-5-8(9(15)16)13-10(17)14-11-12-6-7(2)18-11/h6,8H,3-5H2,1-2H3,(H,15,16)(H2,12,13,14,17)/t8-/m0/s1. The predicted molar refractivity (Wildman–Crippen MR) is 70.0 cm³/mol. The van der Waals surface area contributed by atoms with Gasteiger partial charge in [0.2, 0.25) is 0 Å². The highest BCUT2D eigenvalue weighted by atomic mass is 32.1. The van der Waals surface area contributed by atoms with E-state index in [-0.39, 0.29) is 0 Å². The van der Waals surface area contributed by atoms with Crippen LogP contribution < -0.4 is 10.6 Å². The lowest BCUT2D eigenvalue weighted by atomic mass is 10.1. The number of aliphatic carboxylic acids is 1. The topological polar surface area (TPSA) is 91.3 Å². The van der Waals surface area contributed by atoms with Crippen molar-refractivity contribution in [3.8, 4) is 0 Å². The molecule has 0 spiro atoms. The maximum absolute atomic E-state index is 11.6. The van der Waals surface area contributed by atoms with Crippen molar-refractivity contribution in [2.45, 2.75) is 39.2 Å². The first-order valence-corrected chi connectivity index (χ1v) is 6.57. The second-order valence-corrected chi connectivity index (χ2v) is 5.14. The number of hydrogen-bond acceptors (Lipinski definition) is 4. The molecule has 1 aromatic rings. The summed E-state index contributed by atoms with van der Waals surface area (Å²) in [6.07, 6.45) is 3.72. The van der Waals surface area contributed by atoms with E-state index in [1.54, 1.807) is 6.20 Å². The zero-order valence-corrected chi connectivity index (χ0v) is 11.2. The van der Waals surface area contributed by atoms with E-state index in [1.807, 2.05) is 13.8 Å². The predicted octanol–water partition coefficient (Wildman–Crippen LogP) is 2.22. The molecule has 1 rings (SSSR count). The Hall–Kier alpha value is -1.63. The Morgan fingerprint density at radius 2 is 2.28 bits per heavy atom. The molecular weight excluding hydrogens is 254 g/mol. The molecule has 0 fully saturated rings. The maximum atomic E-state index is 11.6. The van der Waals surface area contributed by atoms with Crippen molar-refractivity contribution in [2.75, 3.05) is 5.32 Å². The number of anilines is 1. The summed E-state index contributed by atoms with van der Waals surface area (Å²) in [4.78, 5) is 27.5. The summed E-state index contributed by atoms with van der Waals surface area (Å²) >= 11 is 1.34. The maximum Gasteiger partial charge on any atom is 0.326 e. The second-order valence-electron chi connectivity index (χ2n) is 3.91. The molecule has 0 saturated carbocycles. The fourth-order valence-corrected chi connectivity index (χ4v) is 2.03. The van der Waals surface area contributed by atoms with Crippen LogP contribution in [0.3, 0.4) is 0 Å². The molecule has 0 aromatic carbocycles. The molecule has 18 heavy (non-hydrogen) atoms. The monoisotopic (exact) mass is 271 g/mol. The normalized spacial score (nSPS) is 11.9. The highest BCUT2D eigenvalue weighted by molar-refractivity contribution is 7.15. The van der Waals surface area contributed by atoms with Crippen LogP contribution in [-0.2, 0) is 4.79 Å². The number of hydrogen-bond donors (Lipinski definition) is 3. The van der Waals surface area contributed by atoms with E-state index in [2.05, 4.69) is 15.6 Å². The van der Waals surface area contributed by atoms with Crippen molar-refractivity contribution < 1.29 is 14.7 Å². The van der Waals surface area contributed by atoms with Gasteiger partial charge in [-0.3, -0.25) is 5.32 Å². The average Bonchev–Trinajstić information content (AvgIpc) is 2.69. The molecule has 0 aliphatic heterocycles. The number of carbonyl (C=O) groups excluding carboxylic acids is 1. The zero-order valence-electron chi connectivity index (χ0n) is 10.4. The lowest BCUT2D eigenvalue weighted by molar-refractivity contribution is -0.139. The van der Waals surface area contributed by atoms with Gasteiger partial charge in [-0.2, -0.15) is 0 Å². The van der Waals surface area contributed by atoms with Gasteiger partial charge in [-0.1, -0.05) is 19.8 Å². The molecule has 100 valence electrons. The average molecular weight is 271 g/mol. The van der Waals surface area contributed by atoms with Crippen molar-refractivity contribution in [3.05, 3.63) is 11.1 Å². The van der Waals surface area contributed by atoms with Gasteiger partial charge in [-0.25, -0.2) is 14.6 Å². The Kier molecular flexibility index (Phi) is 5.57. The van der Waals surface area contributed by atoms with E-state index in [9.17, 15) is 9.59 Å². The van der Waals surface area contributed by atoms with Crippen LogP contribution in [0.25, 0.3) is 0 Å². The minimum absolute atomic E-state index is 0.427. The summed E-state index contributed by atoms with van der Waals surface area (Å²) in [6, 6.07) is -1.39. The van der Waals surface area contributed by atoms with E-state index < -0.39 is 18.0 Å². The number of urea groups is 1. The van der Waals surface area contributed by atoms with Gasteiger partial charge in [0.05, 0.1) is 0 Å². The number of unbranched alkanes of at least 4 members (excludes halogenated alkanes) is 1. The van der Waals surface area contributed by atoms with Crippen LogP contribution in [0.1, 0.15) is 31.1 Å². The van der Waals surface area contributed by atoms with Crippen LogP contribution in [0.5, 0.6) is 0 Å². The Morgan fingerprint density at radius 3 is 2.78 bits per heavy atom. The molecule has 0 aliphatic rings. The lowest BCUT2D eigenvalue weighted by Crippen LogP contribution is -2.42. The van der Waals surface area contributed by atoms with Crippen molar-refractivity contribution >= 4 is 28.5 Å². The molecule has 0 bridgehead atoms. The number of nitrogens with one attached hydrogen (secondary N) is 2. The molecule has 1 heterocycles. The molecule has 6 nitrogen and oxygen atoms in total. The summed E-state index contributed by atoms with van der Waals surface area (Å²) in [5.74, 6) is -1.02. The third-order valence-corrected chi connectivity index (χ3v) is 3.12. The molecule has 0 aliphatic carbocycles. The van der Waals surface area contributed by atoms with Crippen LogP contribution in [0.4, 0.5) is 9.93 Å². The molecule has 0 radical (unpaired) electrons.